The van der Waals surface area contributed by atoms with Crippen molar-refractivity contribution in [1.82, 2.24) is 0 Å². The molecule has 0 bridgehead atoms. The van der Waals surface area contributed by atoms with Crippen molar-refractivity contribution >= 4 is 75.4 Å². The molecule has 0 saturated heterocycles. The third kappa shape index (κ3) is 3.66. The predicted octanol–water partition coefficient (Wildman–Crippen LogP) is 14.2. The largest absolute Gasteiger partial charge is 0.0616 e. The molecule has 0 aliphatic heterocycles. The molecule has 0 unspecified atom stereocenters. The number of fused-ring (bicyclic) bond motifs is 8. The Labute approximate surface area is 280 Å². The lowest BCUT2D eigenvalue weighted by molar-refractivity contribution is 0.867. The van der Waals surface area contributed by atoms with Crippen LogP contribution in [-0.2, 0) is 0 Å². The Morgan fingerprint density at radius 1 is 0.312 bits per heavy atom. The van der Waals surface area contributed by atoms with E-state index in [1.54, 1.807) is 0 Å². The minimum Gasteiger partial charge on any atom is -0.0616 e. The zero-order chi connectivity index (χ0) is 32.3. The Hall–Kier alpha value is -5.46. The first kappa shape index (κ1) is 27.6. The molecule has 0 nitrogen and oxygen atoms in total. The van der Waals surface area contributed by atoms with Crippen LogP contribution >= 0.6 is 0 Å². The molecule has 228 valence electrons. The molecule has 10 aromatic rings. The summed E-state index contributed by atoms with van der Waals surface area (Å²) in [6.45, 7) is 9.21. The fraction of sp³-hybridized carbons (Fsp3) is 0.125. The zero-order valence-corrected chi connectivity index (χ0v) is 27.9. The minimum absolute atomic E-state index is 0.439. The Morgan fingerprint density at radius 3 is 1.42 bits per heavy atom. The molecular weight excluding hydrogens is 577 g/mol. The maximum Gasteiger partial charge on any atom is -0.000719 e. The monoisotopic (exact) mass is 612 g/mol. The highest BCUT2D eigenvalue weighted by Crippen LogP contribution is 2.54. The summed E-state index contributed by atoms with van der Waals surface area (Å²) in [4.78, 5) is 0. The summed E-state index contributed by atoms with van der Waals surface area (Å²) < 4.78 is 0. The number of rotatable bonds is 4. The normalized spacial score (nSPS) is 12.5. The lowest BCUT2D eigenvalue weighted by Crippen LogP contribution is -1.94. The Bertz CT molecular complexity index is 2880. The van der Waals surface area contributed by atoms with Gasteiger partial charge < -0.3 is 0 Å². The average molecular weight is 613 g/mol. The minimum atomic E-state index is 0.439. The standard InChI is InChI=1S/C48H36/c1-27(2)30-14-7-16-32(24-30)43-41-26-40-35-19-6-5-18-34(35)36-20-11-23-39(45(36)40)46(41)44(33-17-8-15-31(25-33)28(3)4)48-38-22-10-13-29-12-9-21-37(42(29)38)47(43)48/h5-28H,1-4H3. The van der Waals surface area contributed by atoms with E-state index in [-0.39, 0.29) is 0 Å². The fourth-order valence-corrected chi connectivity index (χ4v) is 8.84. The van der Waals surface area contributed by atoms with Crippen molar-refractivity contribution in [1.29, 1.82) is 0 Å². The lowest BCUT2D eigenvalue weighted by Gasteiger charge is -2.20. The van der Waals surface area contributed by atoms with Crippen LogP contribution in [0.5, 0.6) is 0 Å². The summed E-state index contributed by atoms with van der Waals surface area (Å²) in [6, 6.07) is 51.0. The van der Waals surface area contributed by atoms with Gasteiger partial charge in [0.05, 0.1) is 0 Å². The van der Waals surface area contributed by atoms with Gasteiger partial charge in [-0.15, -0.1) is 0 Å². The molecule has 0 aliphatic carbocycles. The van der Waals surface area contributed by atoms with Crippen LogP contribution in [0.4, 0.5) is 0 Å². The van der Waals surface area contributed by atoms with Gasteiger partial charge in [0, 0.05) is 0 Å². The summed E-state index contributed by atoms with van der Waals surface area (Å²) in [7, 11) is 0. The van der Waals surface area contributed by atoms with E-state index in [0.717, 1.165) is 0 Å². The Kier molecular flexibility index (Phi) is 5.77. The summed E-state index contributed by atoms with van der Waals surface area (Å²) >= 11 is 0. The van der Waals surface area contributed by atoms with E-state index in [4.69, 9.17) is 0 Å². The van der Waals surface area contributed by atoms with Gasteiger partial charge in [0.1, 0.15) is 0 Å². The molecule has 0 aromatic heterocycles. The van der Waals surface area contributed by atoms with Crippen LogP contribution in [0.3, 0.4) is 0 Å². The van der Waals surface area contributed by atoms with Gasteiger partial charge in [0.2, 0.25) is 0 Å². The smallest absolute Gasteiger partial charge is 0.000719 e. The maximum atomic E-state index is 2.55. The molecule has 0 spiro atoms. The van der Waals surface area contributed by atoms with Gasteiger partial charge in [-0.3, -0.25) is 0 Å². The summed E-state index contributed by atoms with van der Waals surface area (Å²) in [5.74, 6) is 0.880. The van der Waals surface area contributed by atoms with Crippen LogP contribution in [0, 0.1) is 0 Å². The van der Waals surface area contributed by atoms with Crippen LogP contribution in [0.2, 0.25) is 0 Å². The second kappa shape index (κ2) is 10.0. The summed E-state index contributed by atoms with van der Waals surface area (Å²) in [5.41, 5.74) is 8.04. The molecule has 0 radical (unpaired) electrons. The van der Waals surface area contributed by atoms with E-state index in [2.05, 4.69) is 161 Å². The van der Waals surface area contributed by atoms with Crippen LogP contribution < -0.4 is 0 Å². The van der Waals surface area contributed by atoms with Crippen molar-refractivity contribution in [2.45, 2.75) is 39.5 Å². The van der Waals surface area contributed by atoms with E-state index < -0.39 is 0 Å². The molecular formula is C48H36. The van der Waals surface area contributed by atoms with Crippen molar-refractivity contribution in [2.24, 2.45) is 0 Å². The molecule has 48 heavy (non-hydrogen) atoms. The lowest BCUT2D eigenvalue weighted by atomic mass is 9.82. The summed E-state index contributed by atoms with van der Waals surface area (Å²) in [6.07, 6.45) is 0. The van der Waals surface area contributed by atoms with Gasteiger partial charge in [-0.05, 0) is 127 Å². The van der Waals surface area contributed by atoms with E-state index >= 15 is 0 Å². The number of benzene rings is 8. The highest BCUT2D eigenvalue weighted by molar-refractivity contribution is 6.44. The molecule has 0 saturated carbocycles. The van der Waals surface area contributed by atoms with Gasteiger partial charge in [-0.2, -0.15) is 0 Å². The summed E-state index contributed by atoms with van der Waals surface area (Å²) in [5, 5.41) is 18.9. The van der Waals surface area contributed by atoms with Crippen LogP contribution in [0.1, 0.15) is 50.7 Å². The fourth-order valence-electron chi connectivity index (χ4n) is 8.84. The van der Waals surface area contributed by atoms with E-state index in [0.29, 0.717) is 11.8 Å². The molecule has 0 heteroatoms. The van der Waals surface area contributed by atoms with Gasteiger partial charge in [0.15, 0.2) is 0 Å². The third-order valence-corrected chi connectivity index (χ3v) is 11.1. The van der Waals surface area contributed by atoms with Gasteiger partial charge in [0.25, 0.3) is 0 Å². The number of hydrogen-bond donors (Lipinski definition) is 0. The Balaban J connectivity index is 1.57. The molecule has 0 fully saturated rings. The molecule has 0 N–H and O–H groups in total. The second-order valence-corrected chi connectivity index (χ2v) is 14.4. The molecule has 0 aliphatic rings. The molecule has 10 rings (SSSR count). The first-order chi connectivity index (χ1) is 23.5. The highest BCUT2D eigenvalue weighted by Gasteiger charge is 2.26. The van der Waals surface area contributed by atoms with Crippen molar-refractivity contribution in [3.63, 3.8) is 0 Å². The van der Waals surface area contributed by atoms with Crippen molar-refractivity contribution < 1.29 is 0 Å². The second-order valence-electron chi connectivity index (χ2n) is 14.4. The third-order valence-electron chi connectivity index (χ3n) is 11.1. The number of hydrogen-bond acceptors (Lipinski definition) is 0. The molecule has 0 heterocycles. The van der Waals surface area contributed by atoms with Crippen molar-refractivity contribution in [3.05, 3.63) is 145 Å². The van der Waals surface area contributed by atoms with Crippen molar-refractivity contribution in [2.75, 3.05) is 0 Å². The van der Waals surface area contributed by atoms with E-state index in [9.17, 15) is 0 Å². The van der Waals surface area contributed by atoms with Crippen molar-refractivity contribution in [3.8, 4) is 22.3 Å². The topological polar surface area (TPSA) is 0 Å². The zero-order valence-electron chi connectivity index (χ0n) is 27.9. The van der Waals surface area contributed by atoms with Crippen LogP contribution in [0.15, 0.2) is 133 Å². The van der Waals surface area contributed by atoms with E-state index in [1.165, 1.54) is 109 Å². The van der Waals surface area contributed by atoms with Crippen LogP contribution in [-0.4, -0.2) is 0 Å². The molecule has 10 aromatic carbocycles. The van der Waals surface area contributed by atoms with Crippen LogP contribution in [0.25, 0.3) is 97.7 Å². The first-order valence-corrected chi connectivity index (χ1v) is 17.4. The quantitative estimate of drug-likeness (QED) is 0.173. The van der Waals surface area contributed by atoms with Gasteiger partial charge in [-0.1, -0.05) is 155 Å². The average Bonchev–Trinajstić information content (AvgIpc) is 3.62. The highest BCUT2D eigenvalue weighted by atomic mass is 14.3. The maximum absolute atomic E-state index is 2.55. The molecule has 0 amide bonds. The predicted molar refractivity (Wildman–Crippen MR) is 210 cm³/mol. The Morgan fingerprint density at radius 2 is 0.792 bits per heavy atom. The van der Waals surface area contributed by atoms with Gasteiger partial charge >= 0.3 is 0 Å². The molecule has 0 atom stereocenters. The van der Waals surface area contributed by atoms with E-state index in [1.807, 2.05) is 0 Å². The SMILES string of the molecule is CC(C)c1cccc(-c2c3cc4c5ccccc5c5cccc(c3c(-c3cccc(C(C)C)c3)c3c6cccc7cccc(c23)c76)c54)c1. The first-order valence-electron chi connectivity index (χ1n) is 17.4. The van der Waals surface area contributed by atoms with Gasteiger partial charge in [-0.25, -0.2) is 0 Å².